The lowest BCUT2D eigenvalue weighted by Crippen LogP contribution is -2.36. The van der Waals surface area contributed by atoms with E-state index in [-0.39, 0.29) is 29.7 Å². The van der Waals surface area contributed by atoms with Crippen LogP contribution in [-0.2, 0) is 11.3 Å². The topological polar surface area (TPSA) is 76.5 Å². The van der Waals surface area contributed by atoms with Gasteiger partial charge in [-0.15, -0.1) is 0 Å². The Hall–Kier alpha value is -2.22. The highest BCUT2D eigenvalue weighted by molar-refractivity contribution is 6.31. The molecule has 2 rings (SSSR count). The molecule has 140 valence electrons. The molecule has 1 heterocycles. The van der Waals surface area contributed by atoms with E-state index in [4.69, 9.17) is 16.3 Å². The molecule has 1 N–H and O–H groups in total. The normalized spacial score (nSPS) is 12.2. The van der Waals surface area contributed by atoms with Crippen LogP contribution in [0, 0.1) is 0 Å². The third-order valence-electron chi connectivity index (χ3n) is 3.95. The van der Waals surface area contributed by atoms with Crippen molar-refractivity contribution in [2.24, 2.45) is 0 Å². The standard InChI is InChI=1S/C18H23ClN4O3/c1-22(2)16(13-6-4-5-7-14(13)19)12-20-18(25)15-8-9-17(24)23(21-15)10-11-26-3/h4-9,16H,10-12H2,1-3H3,(H,20,25). The second kappa shape index (κ2) is 9.47. The lowest BCUT2D eigenvalue weighted by atomic mass is 10.1. The van der Waals surface area contributed by atoms with Crippen molar-refractivity contribution in [3.8, 4) is 0 Å². The number of nitrogens with zero attached hydrogens (tertiary/aromatic N) is 3. The van der Waals surface area contributed by atoms with Crippen molar-refractivity contribution in [1.82, 2.24) is 20.0 Å². The highest BCUT2D eigenvalue weighted by Gasteiger charge is 2.19. The molecule has 0 bridgehead atoms. The van der Waals surface area contributed by atoms with E-state index in [2.05, 4.69) is 10.4 Å². The molecular formula is C18H23ClN4O3. The number of likely N-dealkylation sites (N-methyl/N-ethyl adjacent to an activating group) is 1. The molecule has 0 spiro atoms. The molecule has 7 nitrogen and oxygen atoms in total. The summed E-state index contributed by atoms with van der Waals surface area (Å²) in [6.45, 7) is 0.984. The Bertz CT molecular complexity index is 807. The minimum atomic E-state index is -0.352. The Balaban J connectivity index is 2.11. The quantitative estimate of drug-likeness (QED) is 0.754. The van der Waals surface area contributed by atoms with Gasteiger partial charge in [0, 0.05) is 24.7 Å². The Morgan fingerprint density at radius 2 is 2.04 bits per heavy atom. The number of benzene rings is 1. The molecule has 0 radical (unpaired) electrons. The van der Waals surface area contributed by atoms with Crippen LogP contribution < -0.4 is 10.9 Å². The molecule has 0 saturated carbocycles. The summed E-state index contributed by atoms with van der Waals surface area (Å²) in [5, 5.41) is 7.60. The van der Waals surface area contributed by atoms with Crippen molar-refractivity contribution in [1.29, 1.82) is 0 Å². The van der Waals surface area contributed by atoms with Crippen LogP contribution in [0.1, 0.15) is 22.1 Å². The average molecular weight is 379 g/mol. The number of nitrogens with one attached hydrogen (secondary N) is 1. The lowest BCUT2D eigenvalue weighted by Gasteiger charge is -2.25. The smallest absolute Gasteiger partial charge is 0.271 e. The fourth-order valence-corrected chi connectivity index (χ4v) is 2.77. The maximum atomic E-state index is 12.5. The van der Waals surface area contributed by atoms with Crippen molar-refractivity contribution in [2.75, 3.05) is 34.4 Å². The van der Waals surface area contributed by atoms with Crippen LogP contribution >= 0.6 is 11.6 Å². The van der Waals surface area contributed by atoms with Gasteiger partial charge in [0.05, 0.1) is 19.2 Å². The SMILES string of the molecule is COCCn1nc(C(=O)NCC(c2ccccc2Cl)N(C)C)ccc1=O. The van der Waals surface area contributed by atoms with Gasteiger partial charge in [0.25, 0.3) is 11.5 Å². The van der Waals surface area contributed by atoms with Crippen LogP contribution in [0.5, 0.6) is 0 Å². The van der Waals surface area contributed by atoms with Crippen LogP contribution in [0.2, 0.25) is 5.02 Å². The molecular weight excluding hydrogens is 356 g/mol. The van der Waals surface area contributed by atoms with Gasteiger partial charge in [-0.05, 0) is 31.8 Å². The van der Waals surface area contributed by atoms with Crippen LogP contribution in [0.25, 0.3) is 0 Å². The molecule has 0 aliphatic rings. The molecule has 8 heteroatoms. The van der Waals surface area contributed by atoms with Gasteiger partial charge in [-0.25, -0.2) is 4.68 Å². The monoisotopic (exact) mass is 378 g/mol. The van der Waals surface area contributed by atoms with E-state index < -0.39 is 0 Å². The molecule has 0 fully saturated rings. The fraction of sp³-hybridized carbons (Fsp3) is 0.389. The minimum Gasteiger partial charge on any atom is -0.383 e. The summed E-state index contributed by atoms with van der Waals surface area (Å²) in [5.41, 5.74) is 0.829. The van der Waals surface area contributed by atoms with Gasteiger partial charge in [0.1, 0.15) is 5.69 Å². The number of methoxy groups -OCH3 is 1. The molecule has 26 heavy (non-hydrogen) atoms. The summed E-state index contributed by atoms with van der Waals surface area (Å²) >= 11 is 6.28. The van der Waals surface area contributed by atoms with E-state index in [0.717, 1.165) is 5.56 Å². The highest BCUT2D eigenvalue weighted by Crippen LogP contribution is 2.25. The summed E-state index contributed by atoms with van der Waals surface area (Å²) in [5.74, 6) is -0.352. The van der Waals surface area contributed by atoms with Gasteiger partial charge in [-0.3, -0.25) is 9.59 Å². The van der Waals surface area contributed by atoms with Gasteiger partial charge in [0.2, 0.25) is 0 Å². The number of hydrogen-bond acceptors (Lipinski definition) is 5. The van der Waals surface area contributed by atoms with Gasteiger partial charge in [-0.1, -0.05) is 29.8 Å². The van der Waals surface area contributed by atoms with Crippen LogP contribution in [0.4, 0.5) is 0 Å². The van der Waals surface area contributed by atoms with E-state index in [1.807, 2.05) is 43.3 Å². The van der Waals surface area contributed by atoms with Gasteiger partial charge in [-0.2, -0.15) is 5.10 Å². The maximum absolute atomic E-state index is 12.5. The molecule has 0 aliphatic heterocycles. The summed E-state index contributed by atoms with van der Waals surface area (Å²) in [4.78, 5) is 26.2. The predicted octanol–water partition coefficient (Wildman–Crippen LogP) is 1.58. The molecule has 1 unspecified atom stereocenters. The van der Waals surface area contributed by atoms with Crippen LogP contribution in [0.3, 0.4) is 0 Å². The molecule has 1 atom stereocenters. The zero-order chi connectivity index (χ0) is 19.1. The van der Waals surface area contributed by atoms with Crippen molar-refractivity contribution in [3.05, 3.63) is 63.0 Å². The fourth-order valence-electron chi connectivity index (χ4n) is 2.50. The van der Waals surface area contributed by atoms with E-state index >= 15 is 0 Å². The molecule has 1 amide bonds. The highest BCUT2D eigenvalue weighted by atomic mass is 35.5. The van der Waals surface area contributed by atoms with Gasteiger partial charge in [0.15, 0.2) is 0 Å². The van der Waals surface area contributed by atoms with E-state index in [1.165, 1.54) is 23.9 Å². The number of hydrogen-bond donors (Lipinski definition) is 1. The first-order valence-electron chi connectivity index (χ1n) is 8.20. The summed E-state index contributed by atoms with van der Waals surface area (Å²) in [6.07, 6.45) is 0. The van der Waals surface area contributed by atoms with Crippen LogP contribution in [0.15, 0.2) is 41.2 Å². The van der Waals surface area contributed by atoms with Crippen molar-refractivity contribution in [2.45, 2.75) is 12.6 Å². The molecule has 1 aromatic carbocycles. The van der Waals surface area contributed by atoms with Crippen LogP contribution in [-0.4, -0.2) is 54.9 Å². The summed E-state index contributed by atoms with van der Waals surface area (Å²) in [7, 11) is 5.38. The van der Waals surface area contributed by atoms with E-state index in [9.17, 15) is 9.59 Å². The zero-order valence-corrected chi connectivity index (χ0v) is 15.9. The molecule has 1 aromatic heterocycles. The summed E-state index contributed by atoms with van der Waals surface area (Å²) in [6, 6.07) is 10.2. The maximum Gasteiger partial charge on any atom is 0.271 e. The first-order valence-corrected chi connectivity index (χ1v) is 8.58. The number of carbonyl (C=O) groups excluding carboxylic acids is 1. The Morgan fingerprint density at radius 1 is 1.31 bits per heavy atom. The van der Waals surface area contributed by atoms with Crippen molar-refractivity contribution in [3.63, 3.8) is 0 Å². The third-order valence-corrected chi connectivity index (χ3v) is 4.29. The number of carbonyl (C=O) groups is 1. The summed E-state index contributed by atoms with van der Waals surface area (Å²) < 4.78 is 6.17. The second-order valence-electron chi connectivity index (χ2n) is 5.98. The molecule has 2 aromatic rings. The Morgan fingerprint density at radius 3 is 2.69 bits per heavy atom. The van der Waals surface area contributed by atoms with Crippen molar-refractivity contribution < 1.29 is 9.53 Å². The lowest BCUT2D eigenvalue weighted by molar-refractivity contribution is 0.0933. The number of aromatic nitrogens is 2. The van der Waals surface area contributed by atoms with E-state index in [0.29, 0.717) is 18.2 Å². The van der Waals surface area contributed by atoms with Crippen molar-refractivity contribution >= 4 is 17.5 Å². The number of ether oxygens (including phenoxy) is 1. The molecule has 0 aliphatic carbocycles. The first-order chi connectivity index (χ1) is 12.4. The first kappa shape index (κ1) is 20.1. The number of amides is 1. The largest absolute Gasteiger partial charge is 0.383 e. The third kappa shape index (κ3) is 5.14. The predicted molar refractivity (Wildman–Crippen MR) is 101 cm³/mol. The van der Waals surface area contributed by atoms with Gasteiger partial charge < -0.3 is 15.0 Å². The Kier molecular flexibility index (Phi) is 7.32. The average Bonchev–Trinajstić information content (AvgIpc) is 2.62. The minimum absolute atomic E-state index is 0.0907. The van der Waals surface area contributed by atoms with E-state index in [1.54, 1.807) is 0 Å². The second-order valence-corrected chi connectivity index (χ2v) is 6.39. The van der Waals surface area contributed by atoms with Gasteiger partial charge >= 0.3 is 0 Å². The Labute approximate surface area is 157 Å². The zero-order valence-electron chi connectivity index (χ0n) is 15.1. The number of halogens is 1. The molecule has 0 saturated heterocycles. The number of rotatable bonds is 8.